The van der Waals surface area contributed by atoms with E-state index in [1.165, 1.54) is 25.9 Å². The predicted octanol–water partition coefficient (Wildman–Crippen LogP) is 3.04. The van der Waals surface area contributed by atoms with Gasteiger partial charge in [-0.15, -0.1) is 0 Å². The fourth-order valence-electron chi connectivity index (χ4n) is 1.92. The minimum Gasteiger partial charge on any atom is -0.296 e. The minimum absolute atomic E-state index is 0.889. The Morgan fingerprint density at radius 3 is 2.24 bits per heavy atom. The molecule has 0 atom stereocenters. The molecule has 0 aromatic carbocycles. The molecular formula is C14H25N3. The van der Waals surface area contributed by atoms with Crippen LogP contribution >= 0.6 is 0 Å². The predicted molar refractivity (Wildman–Crippen MR) is 71.8 cm³/mol. The lowest BCUT2D eigenvalue weighted by Crippen LogP contribution is -2.32. The first-order valence-electron chi connectivity index (χ1n) is 6.74. The van der Waals surface area contributed by atoms with Gasteiger partial charge in [-0.25, -0.2) is 9.97 Å². The van der Waals surface area contributed by atoms with E-state index in [0.717, 1.165) is 23.9 Å². The van der Waals surface area contributed by atoms with E-state index in [1.807, 2.05) is 33.2 Å². The maximum absolute atomic E-state index is 4.34. The Hall–Kier alpha value is -0.960. The van der Waals surface area contributed by atoms with Crippen LogP contribution in [0.3, 0.4) is 0 Å². The first-order chi connectivity index (χ1) is 8.24. The van der Waals surface area contributed by atoms with E-state index in [0.29, 0.717) is 0 Å². The van der Waals surface area contributed by atoms with Crippen LogP contribution in [-0.2, 0) is 6.54 Å². The summed E-state index contributed by atoms with van der Waals surface area (Å²) in [6.07, 6.45) is 6.42. The highest BCUT2D eigenvalue weighted by molar-refractivity contribution is 5.01. The van der Waals surface area contributed by atoms with Gasteiger partial charge < -0.3 is 0 Å². The van der Waals surface area contributed by atoms with E-state index in [-0.39, 0.29) is 0 Å². The van der Waals surface area contributed by atoms with Crippen molar-refractivity contribution in [3.8, 4) is 0 Å². The average Bonchev–Trinajstić information content (AvgIpc) is 2.37. The van der Waals surface area contributed by atoms with Crippen LogP contribution < -0.4 is 0 Å². The van der Waals surface area contributed by atoms with Crippen LogP contribution in [0.1, 0.15) is 45.0 Å². The molecule has 0 amide bonds. The quantitative estimate of drug-likeness (QED) is 0.789. The lowest BCUT2D eigenvalue weighted by Gasteiger charge is -2.29. The molecule has 1 aromatic heterocycles. The van der Waals surface area contributed by atoms with E-state index in [1.54, 1.807) is 0 Å². The van der Waals surface area contributed by atoms with Gasteiger partial charge in [-0.05, 0) is 44.3 Å². The maximum Gasteiger partial charge on any atom is 0.142 e. The number of hydrogen-bond donors (Lipinski definition) is 0. The van der Waals surface area contributed by atoms with Crippen LogP contribution in [0.2, 0.25) is 0 Å². The molecule has 0 saturated carbocycles. The summed E-state index contributed by atoms with van der Waals surface area (Å²) in [6, 6.07) is 0. The van der Waals surface area contributed by atoms with E-state index in [9.17, 15) is 0 Å². The zero-order chi connectivity index (χ0) is 12.7. The van der Waals surface area contributed by atoms with Gasteiger partial charge in [0.2, 0.25) is 0 Å². The van der Waals surface area contributed by atoms with E-state index in [4.69, 9.17) is 0 Å². The number of likely N-dealkylation sites (tertiary alicyclic amines) is 1. The highest BCUT2D eigenvalue weighted by Gasteiger charge is 2.16. The van der Waals surface area contributed by atoms with Gasteiger partial charge in [0, 0.05) is 12.4 Å². The molecule has 1 aromatic rings. The van der Waals surface area contributed by atoms with Crippen LogP contribution in [0.25, 0.3) is 0 Å². The topological polar surface area (TPSA) is 29.0 Å². The molecule has 1 aliphatic heterocycles. The standard InChI is InChI=1S/C12H19N3.C2H6/c1-10-3-5-15(6-4-10)9-12-13-7-11(2)8-14-12;1-2/h7-8,10H,3-6,9H2,1-2H3;1-2H3. The van der Waals surface area contributed by atoms with Gasteiger partial charge in [0.1, 0.15) is 5.82 Å². The molecule has 2 rings (SSSR count). The van der Waals surface area contributed by atoms with Crippen LogP contribution in [0.5, 0.6) is 0 Å². The molecule has 3 nitrogen and oxygen atoms in total. The van der Waals surface area contributed by atoms with E-state index in [2.05, 4.69) is 21.8 Å². The second-order valence-corrected chi connectivity index (χ2v) is 4.64. The molecule has 0 unspecified atom stereocenters. The van der Waals surface area contributed by atoms with Crippen molar-refractivity contribution in [1.29, 1.82) is 0 Å². The van der Waals surface area contributed by atoms with Crippen LogP contribution in [0.15, 0.2) is 12.4 Å². The number of aryl methyl sites for hydroxylation is 1. The lowest BCUT2D eigenvalue weighted by molar-refractivity contribution is 0.181. The molecule has 0 bridgehead atoms. The van der Waals surface area contributed by atoms with Crippen molar-refractivity contribution in [3.63, 3.8) is 0 Å². The Labute approximate surface area is 105 Å². The molecule has 0 radical (unpaired) electrons. The van der Waals surface area contributed by atoms with Crippen LogP contribution in [0.4, 0.5) is 0 Å². The van der Waals surface area contributed by atoms with Gasteiger partial charge in [-0.1, -0.05) is 20.8 Å². The lowest BCUT2D eigenvalue weighted by atomic mass is 9.99. The van der Waals surface area contributed by atoms with Gasteiger partial charge in [-0.3, -0.25) is 4.90 Å². The second-order valence-electron chi connectivity index (χ2n) is 4.64. The van der Waals surface area contributed by atoms with E-state index >= 15 is 0 Å². The van der Waals surface area contributed by atoms with E-state index < -0.39 is 0 Å². The zero-order valence-electron chi connectivity index (χ0n) is 11.6. The first kappa shape index (κ1) is 14.1. The Kier molecular flexibility index (Phi) is 6.12. The minimum atomic E-state index is 0.889. The summed E-state index contributed by atoms with van der Waals surface area (Å²) < 4.78 is 0. The molecule has 0 aliphatic carbocycles. The average molecular weight is 235 g/mol. The van der Waals surface area contributed by atoms with Gasteiger partial charge in [0.15, 0.2) is 0 Å². The van der Waals surface area contributed by atoms with Crippen LogP contribution in [-0.4, -0.2) is 28.0 Å². The van der Waals surface area contributed by atoms with Crippen molar-refractivity contribution in [2.24, 2.45) is 5.92 Å². The largest absolute Gasteiger partial charge is 0.296 e. The Morgan fingerprint density at radius 1 is 1.18 bits per heavy atom. The number of aromatic nitrogens is 2. The third kappa shape index (κ3) is 4.82. The fourth-order valence-corrected chi connectivity index (χ4v) is 1.92. The number of hydrogen-bond acceptors (Lipinski definition) is 3. The van der Waals surface area contributed by atoms with Gasteiger partial charge in [-0.2, -0.15) is 0 Å². The van der Waals surface area contributed by atoms with Crippen LogP contribution in [0, 0.1) is 12.8 Å². The summed E-state index contributed by atoms with van der Waals surface area (Å²) in [5, 5.41) is 0. The van der Waals surface area contributed by atoms with Crippen molar-refractivity contribution in [3.05, 3.63) is 23.8 Å². The van der Waals surface area contributed by atoms with Crippen molar-refractivity contribution >= 4 is 0 Å². The summed E-state index contributed by atoms with van der Waals surface area (Å²) in [7, 11) is 0. The summed E-state index contributed by atoms with van der Waals surface area (Å²) in [5.74, 6) is 1.84. The molecular weight excluding hydrogens is 210 g/mol. The van der Waals surface area contributed by atoms with Crippen molar-refractivity contribution in [2.75, 3.05) is 13.1 Å². The summed E-state index contributed by atoms with van der Waals surface area (Å²) in [5.41, 5.74) is 1.13. The third-order valence-corrected chi connectivity index (χ3v) is 3.08. The van der Waals surface area contributed by atoms with Crippen molar-refractivity contribution in [1.82, 2.24) is 14.9 Å². The monoisotopic (exact) mass is 235 g/mol. The normalized spacial score (nSPS) is 17.4. The number of nitrogens with zero attached hydrogens (tertiary/aromatic N) is 3. The molecule has 0 N–H and O–H groups in total. The highest BCUT2D eigenvalue weighted by atomic mass is 15.1. The highest BCUT2D eigenvalue weighted by Crippen LogP contribution is 2.16. The molecule has 0 spiro atoms. The van der Waals surface area contributed by atoms with Gasteiger partial charge in [0.25, 0.3) is 0 Å². The molecule has 2 heterocycles. The SMILES string of the molecule is CC.Cc1cnc(CN2CCC(C)CC2)nc1. The molecule has 17 heavy (non-hydrogen) atoms. The number of piperidine rings is 1. The molecule has 1 aliphatic rings. The first-order valence-corrected chi connectivity index (χ1v) is 6.74. The smallest absolute Gasteiger partial charge is 0.142 e. The Bertz CT molecular complexity index is 300. The third-order valence-electron chi connectivity index (χ3n) is 3.08. The van der Waals surface area contributed by atoms with Gasteiger partial charge in [0.05, 0.1) is 6.54 Å². The summed E-state index contributed by atoms with van der Waals surface area (Å²) in [4.78, 5) is 11.1. The fraction of sp³-hybridized carbons (Fsp3) is 0.714. The van der Waals surface area contributed by atoms with Crippen molar-refractivity contribution in [2.45, 2.75) is 47.1 Å². The summed E-state index contributed by atoms with van der Waals surface area (Å²) >= 11 is 0. The second kappa shape index (κ2) is 7.38. The Morgan fingerprint density at radius 2 is 1.71 bits per heavy atom. The van der Waals surface area contributed by atoms with Gasteiger partial charge >= 0.3 is 0 Å². The molecule has 3 heteroatoms. The zero-order valence-corrected chi connectivity index (χ0v) is 11.6. The Balaban J connectivity index is 0.000000686. The maximum atomic E-state index is 4.34. The molecule has 1 saturated heterocycles. The molecule has 1 fully saturated rings. The van der Waals surface area contributed by atoms with Crippen molar-refractivity contribution < 1.29 is 0 Å². The molecule has 96 valence electrons. The number of rotatable bonds is 2. The summed E-state index contributed by atoms with van der Waals surface area (Å²) in [6.45, 7) is 11.6.